The Bertz CT molecular complexity index is 219. The molecule has 0 saturated carbocycles. The number of terminal acetylenes is 1. The Morgan fingerprint density at radius 1 is 1.85 bits per heavy atom. The lowest BCUT2D eigenvalue weighted by Crippen LogP contribution is -2.39. The molecule has 0 aromatic carbocycles. The summed E-state index contributed by atoms with van der Waals surface area (Å²) in [5.74, 6) is 2.82. The number of rotatable bonds is 4. The molecular weight excluding hydrogens is 164 g/mol. The maximum absolute atomic E-state index is 10.9. The molecule has 1 heterocycles. The van der Waals surface area contributed by atoms with Gasteiger partial charge in [-0.3, -0.25) is 4.79 Å². The molecule has 0 spiro atoms. The van der Waals surface area contributed by atoms with E-state index in [4.69, 9.17) is 6.42 Å². The van der Waals surface area contributed by atoms with E-state index >= 15 is 0 Å². The van der Waals surface area contributed by atoms with E-state index in [1.54, 1.807) is 0 Å². The molecule has 1 rings (SSSR count). The van der Waals surface area contributed by atoms with E-state index in [0.29, 0.717) is 6.42 Å². The van der Waals surface area contributed by atoms with E-state index in [2.05, 4.69) is 16.6 Å². The van der Waals surface area contributed by atoms with Crippen LogP contribution in [0.5, 0.6) is 0 Å². The highest BCUT2D eigenvalue weighted by atomic mass is 16.1. The van der Waals surface area contributed by atoms with Gasteiger partial charge in [-0.05, 0) is 12.8 Å². The summed E-state index contributed by atoms with van der Waals surface area (Å²) in [5.41, 5.74) is 0. The fourth-order valence-corrected chi connectivity index (χ4v) is 1.44. The molecule has 13 heavy (non-hydrogen) atoms. The van der Waals surface area contributed by atoms with Crippen LogP contribution in [0.15, 0.2) is 0 Å². The predicted octanol–water partition coefficient (Wildman–Crippen LogP) is 0.266. The van der Waals surface area contributed by atoms with Gasteiger partial charge in [0, 0.05) is 19.0 Å². The van der Waals surface area contributed by atoms with Crippen LogP contribution >= 0.6 is 0 Å². The zero-order valence-corrected chi connectivity index (χ0v) is 7.97. The van der Waals surface area contributed by atoms with E-state index in [1.807, 2.05) is 6.92 Å². The molecule has 1 aliphatic rings. The number of carbonyl (C=O) groups is 1. The Morgan fingerprint density at radius 2 is 2.62 bits per heavy atom. The molecule has 3 nitrogen and oxygen atoms in total. The highest BCUT2D eigenvalue weighted by Gasteiger charge is 2.20. The average molecular weight is 180 g/mol. The Morgan fingerprint density at radius 3 is 3.08 bits per heavy atom. The van der Waals surface area contributed by atoms with Gasteiger partial charge in [0.2, 0.25) is 5.91 Å². The third kappa shape index (κ3) is 3.08. The summed E-state index contributed by atoms with van der Waals surface area (Å²) in [6.07, 6.45) is 7.80. The molecule has 1 fully saturated rings. The van der Waals surface area contributed by atoms with Crippen LogP contribution in [0.4, 0.5) is 0 Å². The quantitative estimate of drug-likeness (QED) is 0.610. The van der Waals surface area contributed by atoms with Gasteiger partial charge in [-0.25, -0.2) is 0 Å². The second-order valence-electron chi connectivity index (χ2n) is 3.34. The minimum atomic E-state index is 0.137. The van der Waals surface area contributed by atoms with E-state index < -0.39 is 0 Å². The number of carbonyl (C=O) groups excluding carboxylic acids is 1. The lowest BCUT2D eigenvalue weighted by molar-refractivity contribution is -0.119. The number of nitrogens with one attached hydrogen (secondary N) is 2. The zero-order valence-electron chi connectivity index (χ0n) is 7.97. The van der Waals surface area contributed by atoms with Gasteiger partial charge >= 0.3 is 0 Å². The summed E-state index contributed by atoms with van der Waals surface area (Å²) in [5, 5.41) is 6.12. The monoisotopic (exact) mass is 180 g/mol. The molecule has 0 aromatic heterocycles. The van der Waals surface area contributed by atoms with E-state index in [9.17, 15) is 4.79 Å². The van der Waals surface area contributed by atoms with Gasteiger partial charge in [-0.15, -0.1) is 6.42 Å². The van der Waals surface area contributed by atoms with Crippen LogP contribution in [0.25, 0.3) is 0 Å². The minimum absolute atomic E-state index is 0.137. The first-order chi connectivity index (χ1) is 6.26. The molecule has 72 valence electrons. The summed E-state index contributed by atoms with van der Waals surface area (Å²) in [6.45, 7) is 2.83. The van der Waals surface area contributed by atoms with Crippen LogP contribution in [0.3, 0.4) is 0 Å². The van der Waals surface area contributed by atoms with Crippen LogP contribution in [-0.4, -0.2) is 24.5 Å². The van der Waals surface area contributed by atoms with Crippen molar-refractivity contribution in [2.75, 3.05) is 6.54 Å². The van der Waals surface area contributed by atoms with Gasteiger partial charge in [-0.2, -0.15) is 0 Å². The molecule has 2 atom stereocenters. The molecule has 0 aliphatic carbocycles. The summed E-state index contributed by atoms with van der Waals surface area (Å²) in [7, 11) is 0. The maximum Gasteiger partial charge on any atom is 0.220 e. The molecule has 2 unspecified atom stereocenters. The van der Waals surface area contributed by atoms with Gasteiger partial charge in [0.1, 0.15) is 0 Å². The molecule has 1 aliphatic heterocycles. The van der Waals surface area contributed by atoms with Crippen LogP contribution in [0, 0.1) is 12.3 Å². The van der Waals surface area contributed by atoms with Crippen molar-refractivity contribution in [3.8, 4) is 12.3 Å². The van der Waals surface area contributed by atoms with Crippen LogP contribution in [-0.2, 0) is 4.79 Å². The largest absolute Gasteiger partial charge is 0.352 e. The highest BCUT2D eigenvalue weighted by molar-refractivity contribution is 5.78. The van der Waals surface area contributed by atoms with Crippen molar-refractivity contribution in [3.05, 3.63) is 0 Å². The average Bonchev–Trinajstić information content (AvgIpc) is 2.53. The molecule has 1 amide bonds. The zero-order chi connectivity index (χ0) is 9.68. The second-order valence-corrected chi connectivity index (χ2v) is 3.34. The van der Waals surface area contributed by atoms with Crippen molar-refractivity contribution in [2.24, 2.45) is 0 Å². The van der Waals surface area contributed by atoms with Gasteiger partial charge in [0.15, 0.2) is 0 Å². The first kappa shape index (κ1) is 10.1. The van der Waals surface area contributed by atoms with Gasteiger partial charge in [0.05, 0.1) is 6.04 Å². The lowest BCUT2D eigenvalue weighted by Gasteiger charge is -2.14. The Labute approximate surface area is 79.3 Å². The van der Waals surface area contributed by atoms with Crippen LogP contribution < -0.4 is 10.6 Å². The molecular formula is C10H16N2O. The summed E-state index contributed by atoms with van der Waals surface area (Å²) in [4.78, 5) is 10.9. The van der Waals surface area contributed by atoms with Crippen LogP contribution in [0.2, 0.25) is 0 Å². The summed E-state index contributed by atoms with van der Waals surface area (Å²) < 4.78 is 0. The van der Waals surface area contributed by atoms with Crippen molar-refractivity contribution in [2.45, 2.75) is 38.3 Å². The third-order valence-corrected chi connectivity index (χ3v) is 2.31. The molecule has 1 saturated heterocycles. The van der Waals surface area contributed by atoms with Crippen LogP contribution in [0.1, 0.15) is 26.2 Å². The first-order valence-corrected chi connectivity index (χ1v) is 4.75. The molecule has 2 N–H and O–H groups in total. The molecule has 0 aromatic rings. The third-order valence-electron chi connectivity index (χ3n) is 2.31. The summed E-state index contributed by atoms with van der Waals surface area (Å²) >= 11 is 0. The first-order valence-electron chi connectivity index (χ1n) is 4.75. The van der Waals surface area contributed by atoms with Crippen molar-refractivity contribution >= 4 is 5.91 Å². The van der Waals surface area contributed by atoms with Gasteiger partial charge in [-0.1, -0.05) is 12.8 Å². The second kappa shape index (κ2) is 4.88. The normalized spacial score (nSPS) is 23.7. The van der Waals surface area contributed by atoms with E-state index in [1.165, 1.54) is 0 Å². The number of hydrogen-bond donors (Lipinski definition) is 2. The summed E-state index contributed by atoms with van der Waals surface area (Å²) in [6, 6.07) is 0.410. The predicted molar refractivity (Wildman–Crippen MR) is 52.1 cm³/mol. The maximum atomic E-state index is 10.9. The van der Waals surface area contributed by atoms with E-state index in [-0.39, 0.29) is 18.0 Å². The van der Waals surface area contributed by atoms with Gasteiger partial charge in [0.25, 0.3) is 0 Å². The topological polar surface area (TPSA) is 41.1 Å². The van der Waals surface area contributed by atoms with Crippen molar-refractivity contribution < 1.29 is 4.79 Å². The highest BCUT2D eigenvalue weighted by Crippen LogP contribution is 2.05. The Kier molecular flexibility index (Phi) is 3.78. The van der Waals surface area contributed by atoms with Gasteiger partial charge < -0.3 is 10.6 Å². The number of hydrogen-bond acceptors (Lipinski definition) is 2. The van der Waals surface area contributed by atoms with Crippen molar-refractivity contribution in [1.82, 2.24) is 10.6 Å². The SMILES string of the molecule is C#CC(CC)NCC1CCC(=O)N1. The standard InChI is InChI=1S/C10H16N2O/c1-3-8(4-2)11-7-9-5-6-10(13)12-9/h1,8-9,11H,4-7H2,2H3,(H,12,13). The van der Waals surface area contributed by atoms with Crippen molar-refractivity contribution in [1.29, 1.82) is 0 Å². The molecule has 0 bridgehead atoms. The lowest BCUT2D eigenvalue weighted by atomic mass is 10.2. The minimum Gasteiger partial charge on any atom is -0.352 e. The molecule has 3 heteroatoms. The Balaban J connectivity index is 2.19. The van der Waals surface area contributed by atoms with Crippen molar-refractivity contribution in [3.63, 3.8) is 0 Å². The van der Waals surface area contributed by atoms with E-state index in [0.717, 1.165) is 19.4 Å². The molecule has 0 radical (unpaired) electrons. The fraction of sp³-hybridized carbons (Fsp3) is 0.700. The Hall–Kier alpha value is -1.01. The number of amides is 1. The fourth-order valence-electron chi connectivity index (χ4n) is 1.44. The smallest absolute Gasteiger partial charge is 0.220 e.